The number of ether oxygens (including phenoxy) is 2. The number of aromatic nitrogens is 2. The zero-order valence-electron chi connectivity index (χ0n) is 21.2. The van der Waals surface area contributed by atoms with Crippen molar-refractivity contribution in [3.8, 4) is 5.75 Å². The van der Waals surface area contributed by atoms with Gasteiger partial charge in [-0.1, -0.05) is 6.92 Å². The zero-order chi connectivity index (χ0) is 24.7. The molecule has 1 aliphatic heterocycles. The lowest BCUT2D eigenvalue weighted by molar-refractivity contribution is -0.151. The van der Waals surface area contributed by atoms with Crippen molar-refractivity contribution in [2.45, 2.75) is 59.4 Å². The second kappa shape index (κ2) is 9.39. The molecule has 0 radical (unpaired) electrons. The van der Waals surface area contributed by atoms with Gasteiger partial charge in [0.05, 0.1) is 42.9 Å². The van der Waals surface area contributed by atoms with Gasteiger partial charge in [-0.3, -0.25) is 4.79 Å². The van der Waals surface area contributed by atoms with E-state index in [4.69, 9.17) is 9.47 Å². The molecular weight excluding hydrogens is 460 g/mol. The summed E-state index contributed by atoms with van der Waals surface area (Å²) in [5, 5.41) is 4.60. The van der Waals surface area contributed by atoms with Crippen LogP contribution >= 0.6 is 11.3 Å². The van der Waals surface area contributed by atoms with E-state index in [0.29, 0.717) is 19.8 Å². The molecule has 1 saturated heterocycles. The first kappa shape index (κ1) is 24.0. The van der Waals surface area contributed by atoms with Crippen LogP contribution in [0.3, 0.4) is 0 Å². The van der Waals surface area contributed by atoms with Crippen LogP contribution in [0.2, 0.25) is 0 Å². The normalized spacial score (nSPS) is 22.2. The van der Waals surface area contributed by atoms with Crippen LogP contribution in [0.15, 0.2) is 18.5 Å². The summed E-state index contributed by atoms with van der Waals surface area (Å²) in [7, 11) is 1.69. The van der Waals surface area contributed by atoms with Gasteiger partial charge in [0.25, 0.3) is 0 Å². The minimum absolute atomic E-state index is 0.123. The number of benzene rings is 1. The van der Waals surface area contributed by atoms with E-state index in [1.165, 1.54) is 21.6 Å². The summed E-state index contributed by atoms with van der Waals surface area (Å²) in [6.07, 6.45) is 4.90. The van der Waals surface area contributed by atoms with Crippen molar-refractivity contribution in [3.63, 3.8) is 0 Å². The molecule has 2 aromatic heterocycles. The van der Waals surface area contributed by atoms with Gasteiger partial charge in [0, 0.05) is 11.4 Å². The van der Waals surface area contributed by atoms with E-state index in [2.05, 4.69) is 49.0 Å². The Kier molecular flexibility index (Phi) is 6.44. The molecule has 2 aliphatic rings. The predicted octanol–water partition coefficient (Wildman–Crippen LogP) is 5.19. The second-order valence-electron chi connectivity index (χ2n) is 9.90. The van der Waals surface area contributed by atoms with E-state index in [0.717, 1.165) is 53.2 Å². The molecule has 3 aromatic rings. The quantitative estimate of drug-likeness (QED) is 0.526. The van der Waals surface area contributed by atoms with E-state index >= 15 is 0 Å². The van der Waals surface area contributed by atoms with Gasteiger partial charge in [-0.15, -0.1) is 11.3 Å². The number of nitrogens with zero attached hydrogens (tertiary/aromatic N) is 3. The maximum atomic E-state index is 13.8. The van der Waals surface area contributed by atoms with Crippen LogP contribution in [0, 0.1) is 19.3 Å². The molecule has 2 unspecified atom stereocenters. The summed E-state index contributed by atoms with van der Waals surface area (Å²) in [5.41, 5.74) is 4.18. The predicted molar refractivity (Wildman–Crippen MR) is 140 cm³/mol. The highest BCUT2D eigenvalue weighted by molar-refractivity contribution is 7.19. The number of hydrogen-bond acceptors (Lipinski definition) is 7. The first-order valence-electron chi connectivity index (χ1n) is 12.4. The molecule has 1 aliphatic carbocycles. The van der Waals surface area contributed by atoms with Gasteiger partial charge in [0.2, 0.25) is 5.91 Å². The van der Waals surface area contributed by atoms with Gasteiger partial charge in [0.15, 0.2) is 0 Å². The first-order chi connectivity index (χ1) is 16.9. The van der Waals surface area contributed by atoms with E-state index in [9.17, 15) is 4.79 Å². The van der Waals surface area contributed by atoms with Crippen molar-refractivity contribution in [3.05, 3.63) is 40.0 Å². The highest BCUT2D eigenvalue weighted by atomic mass is 32.1. The molecule has 5 rings (SSSR count). The van der Waals surface area contributed by atoms with Gasteiger partial charge in [0.1, 0.15) is 22.7 Å². The van der Waals surface area contributed by atoms with Crippen molar-refractivity contribution in [2.24, 2.45) is 5.41 Å². The molecular formula is C27H34N4O3S. The first-order valence-corrected chi connectivity index (χ1v) is 13.2. The highest BCUT2D eigenvalue weighted by Gasteiger charge is 2.45. The molecule has 0 bridgehead atoms. The van der Waals surface area contributed by atoms with Gasteiger partial charge >= 0.3 is 0 Å². The molecule has 1 N–H and O–H groups in total. The molecule has 1 fully saturated rings. The largest absolute Gasteiger partial charge is 0.495 e. The van der Waals surface area contributed by atoms with Crippen molar-refractivity contribution in [1.82, 2.24) is 14.9 Å². The summed E-state index contributed by atoms with van der Waals surface area (Å²) >= 11 is 1.70. The summed E-state index contributed by atoms with van der Waals surface area (Å²) in [6.45, 7) is 10.3. The number of carbonyl (C=O) groups is 1. The number of thiophene rings is 1. The Balaban J connectivity index is 1.50. The Hall–Kier alpha value is -2.71. The van der Waals surface area contributed by atoms with Crippen molar-refractivity contribution < 1.29 is 14.3 Å². The van der Waals surface area contributed by atoms with Crippen LogP contribution in [0.1, 0.15) is 48.3 Å². The standard InChI is InChI=1S/C27H34N4O3S/c1-6-27(26(32)31-9-10-34-14-18(31)4)8-7-19-22(13-27)35-25-23(19)24(28-15-29-25)30-20-11-16(2)17(3)12-21(20)33-5/h11-12,15,18H,6-10,13-14H2,1-5H3,(H,28,29,30). The lowest BCUT2D eigenvalue weighted by atomic mass is 9.71. The van der Waals surface area contributed by atoms with Crippen LogP contribution in [0.4, 0.5) is 11.5 Å². The van der Waals surface area contributed by atoms with Gasteiger partial charge in [-0.25, -0.2) is 9.97 Å². The van der Waals surface area contributed by atoms with Crippen molar-refractivity contribution >= 4 is 39.0 Å². The Morgan fingerprint density at radius 2 is 2.11 bits per heavy atom. The molecule has 3 heterocycles. The summed E-state index contributed by atoms with van der Waals surface area (Å²) in [5.74, 6) is 1.87. The fourth-order valence-corrected chi connectivity index (χ4v) is 6.78. The molecule has 8 heteroatoms. The number of aryl methyl sites for hydroxylation is 3. The van der Waals surface area contributed by atoms with Gasteiger partial charge < -0.3 is 19.7 Å². The smallest absolute Gasteiger partial charge is 0.229 e. The Morgan fingerprint density at radius 1 is 1.31 bits per heavy atom. The lowest BCUT2D eigenvalue weighted by Gasteiger charge is -2.43. The Labute approximate surface area is 210 Å². The van der Waals surface area contributed by atoms with Gasteiger partial charge in [-0.05, 0) is 75.3 Å². The SMILES string of the molecule is CCC1(C(=O)N2CCOCC2C)CCc2c(sc3ncnc(Nc4cc(C)c(C)cc4OC)c23)C1. The maximum Gasteiger partial charge on any atom is 0.229 e. The van der Waals surface area contributed by atoms with E-state index in [-0.39, 0.29) is 17.4 Å². The zero-order valence-corrected chi connectivity index (χ0v) is 22.1. The third-order valence-corrected chi connectivity index (χ3v) is 8.99. The molecule has 186 valence electrons. The van der Waals surface area contributed by atoms with Crippen molar-refractivity contribution in [1.29, 1.82) is 0 Å². The summed E-state index contributed by atoms with van der Waals surface area (Å²) in [4.78, 5) is 27.3. The number of rotatable bonds is 5. The highest BCUT2D eigenvalue weighted by Crippen LogP contribution is 2.47. The Bertz CT molecular complexity index is 1270. The number of morpholine rings is 1. The number of hydrogen-bond donors (Lipinski definition) is 1. The number of methoxy groups -OCH3 is 1. The fourth-order valence-electron chi connectivity index (χ4n) is 5.45. The molecule has 0 saturated carbocycles. The number of amides is 1. The molecule has 7 nitrogen and oxygen atoms in total. The third-order valence-electron chi connectivity index (χ3n) is 7.85. The van der Waals surface area contributed by atoms with E-state index < -0.39 is 0 Å². The summed E-state index contributed by atoms with van der Waals surface area (Å²) < 4.78 is 11.2. The lowest BCUT2D eigenvalue weighted by Crippen LogP contribution is -2.54. The van der Waals surface area contributed by atoms with Crippen LogP contribution < -0.4 is 10.1 Å². The molecule has 1 amide bonds. The van der Waals surface area contributed by atoms with Gasteiger partial charge in [-0.2, -0.15) is 0 Å². The van der Waals surface area contributed by atoms with E-state index in [1.54, 1.807) is 24.8 Å². The molecule has 35 heavy (non-hydrogen) atoms. The maximum absolute atomic E-state index is 13.8. The Morgan fingerprint density at radius 3 is 2.86 bits per heavy atom. The number of carbonyl (C=O) groups excluding carboxylic acids is 1. The second-order valence-corrected chi connectivity index (χ2v) is 11.0. The average molecular weight is 495 g/mol. The van der Waals surface area contributed by atoms with E-state index in [1.807, 2.05) is 11.0 Å². The topological polar surface area (TPSA) is 76.6 Å². The number of anilines is 2. The monoisotopic (exact) mass is 494 g/mol. The van der Waals surface area contributed by atoms with Crippen LogP contribution in [0.25, 0.3) is 10.2 Å². The van der Waals surface area contributed by atoms with Crippen molar-refractivity contribution in [2.75, 3.05) is 32.2 Å². The summed E-state index contributed by atoms with van der Waals surface area (Å²) in [6, 6.07) is 4.27. The molecule has 2 atom stereocenters. The van der Waals surface area contributed by atoms with Crippen LogP contribution in [-0.2, 0) is 22.4 Å². The van der Waals surface area contributed by atoms with Crippen LogP contribution in [0.5, 0.6) is 5.75 Å². The minimum atomic E-state index is -0.363. The average Bonchev–Trinajstić information content (AvgIpc) is 3.24. The minimum Gasteiger partial charge on any atom is -0.495 e. The number of fused-ring (bicyclic) bond motifs is 3. The third kappa shape index (κ3) is 4.16. The molecule has 1 aromatic carbocycles. The van der Waals surface area contributed by atoms with Crippen LogP contribution in [-0.4, -0.2) is 53.7 Å². The molecule has 0 spiro atoms. The number of nitrogens with one attached hydrogen (secondary N) is 1. The fraction of sp³-hybridized carbons (Fsp3) is 0.519.